The number of aryl methyl sites for hydroxylation is 3. The topological polar surface area (TPSA) is 0 Å². The molecule has 0 radical (unpaired) electrons. The van der Waals surface area contributed by atoms with Crippen molar-refractivity contribution in [2.45, 2.75) is 55.9 Å². The fourth-order valence-electron chi connectivity index (χ4n) is 3.68. The molecule has 1 unspecified atom stereocenters. The zero-order valence-corrected chi connectivity index (χ0v) is 12.3. The minimum Gasteiger partial charge on any atom is -0.0963 e. The summed E-state index contributed by atoms with van der Waals surface area (Å²) in [6.07, 6.45) is 2.96. The highest BCUT2D eigenvalue weighted by Crippen LogP contribution is 2.39. The maximum atomic E-state index is 2.41. The Morgan fingerprint density at radius 2 is 1.81 bits per heavy atom. The molecule has 0 saturated carbocycles. The van der Waals surface area contributed by atoms with Gasteiger partial charge in [0.15, 0.2) is 0 Å². The van der Waals surface area contributed by atoms with E-state index in [2.05, 4.69) is 39.8 Å². The molecule has 2 rings (SSSR count). The standard InChI is InChI=1S/C13H18.C2H5.Al/c1-5-6-7-13-11(3)8-10(2)9-12(13)4;1-2;/h7-9H,1,5-6H2,2-4H3;1H2,2H3;. The van der Waals surface area contributed by atoms with Crippen LogP contribution in [-0.2, 0) is 0 Å². The summed E-state index contributed by atoms with van der Waals surface area (Å²) < 4.78 is 0.977. The molecule has 16 heavy (non-hydrogen) atoms. The van der Waals surface area contributed by atoms with Crippen LogP contribution in [0.4, 0.5) is 0 Å². The molecule has 1 aliphatic rings. The Balaban J connectivity index is 2.39. The lowest BCUT2D eigenvalue weighted by molar-refractivity contribution is 0.808. The quantitative estimate of drug-likeness (QED) is 0.654. The second-order valence-electron chi connectivity index (χ2n) is 5.52. The first-order valence-electron chi connectivity index (χ1n) is 6.71. The lowest BCUT2D eigenvalue weighted by Crippen LogP contribution is -2.18. The molecule has 0 N–H and O–H groups in total. The Hall–Kier alpha value is -0.248. The van der Waals surface area contributed by atoms with Crippen LogP contribution in [0.2, 0.25) is 10.6 Å². The van der Waals surface area contributed by atoms with E-state index in [1.54, 1.807) is 22.0 Å². The largest absolute Gasteiger partial charge is 0.271 e. The molecule has 86 valence electrons. The fraction of sp³-hybridized carbons (Fsp3) is 0.600. The summed E-state index contributed by atoms with van der Waals surface area (Å²) in [5, 5.41) is 3.06. The minimum atomic E-state index is -0.474. The second kappa shape index (κ2) is 4.95. The molecule has 1 aliphatic heterocycles. The van der Waals surface area contributed by atoms with Crippen LogP contribution in [0.1, 0.15) is 46.8 Å². The van der Waals surface area contributed by atoms with Gasteiger partial charge in [0, 0.05) is 0 Å². The van der Waals surface area contributed by atoms with Crippen molar-refractivity contribution in [1.82, 2.24) is 0 Å². The van der Waals surface area contributed by atoms with Crippen molar-refractivity contribution in [2.75, 3.05) is 0 Å². The van der Waals surface area contributed by atoms with Crippen molar-refractivity contribution in [2.24, 2.45) is 0 Å². The zero-order valence-electron chi connectivity index (χ0n) is 11.1. The van der Waals surface area contributed by atoms with Gasteiger partial charge in [0.05, 0.1) is 0 Å². The van der Waals surface area contributed by atoms with E-state index in [9.17, 15) is 0 Å². The van der Waals surface area contributed by atoms with Gasteiger partial charge in [-0.15, -0.1) is 0 Å². The first kappa shape index (κ1) is 12.2. The van der Waals surface area contributed by atoms with Crippen LogP contribution >= 0.6 is 0 Å². The maximum absolute atomic E-state index is 2.41. The lowest BCUT2D eigenvalue weighted by Gasteiger charge is -2.21. The van der Waals surface area contributed by atoms with E-state index in [1.165, 1.54) is 23.7 Å². The van der Waals surface area contributed by atoms with Gasteiger partial charge in [0.2, 0.25) is 0 Å². The molecule has 1 fully saturated rings. The molecule has 1 heteroatoms. The molecular formula is C15H23Al. The molecule has 0 nitrogen and oxygen atoms in total. The zero-order chi connectivity index (χ0) is 11.7. The van der Waals surface area contributed by atoms with Gasteiger partial charge in [-0.2, -0.15) is 0 Å². The van der Waals surface area contributed by atoms with Crippen LogP contribution < -0.4 is 0 Å². The number of hydrogen-bond acceptors (Lipinski definition) is 0. The summed E-state index contributed by atoms with van der Waals surface area (Å²) >= 11 is -0.474. The summed E-state index contributed by atoms with van der Waals surface area (Å²) in [6, 6.07) is 4.75. The first-order chi connectivity index (χ1) is 7.63. The van der Waals surface area contributed by atoms with Crippen LogP contribution in [0.25, 0.3) is 0 Å². The van der Waals surface area contributed by atoms with Crippen molar-refractivity contribution in [3.63, 3.8) is 0 Å². The normalized spacial score (nSPS) is 20.5. The van der Waals surface area contributed by atoms with Crippen LogP contribution in [0, 0.1) is 20.8 Å². The summed E-state index contributed by atoms with van der Waals surface area (Å²) in [5.41, 5.74) is 6.25. The average molecular weight is 230 g/mol. The van der Waals surface area contributed by atoms with E-state index in [4.69, 9.17) is 0 Å². The smallest absolute Gasteiger partial charge is 0.0963 e. The number of benzene rings is 1. The third-order valence-corrected chi connectivity index (χ3v) is 8.30. The highest BCUT2D eigenvalue weighted by atomic mass is 27.2. The highest BCUT2D eigenvalue weighted by molar-refractivity contribution is 6.61. The van der Waals surface area contributed by atoms with E-state index in [1.807, 2.05) is 0 Å². The van der Waals surface area contributed by atoms with Crippen molar-refractivity contribution >= 4 is 14.1 Å². The molecule has 1 aromatic rings. The van der Waals surface area contributed by atoms with Crippen molar-refractivity contribution in [1.29, 1.82) is 0 Å². The molecule has 1 atom stereocenters. The fourth-order valence-corrected chi connectivity index (χ4v) is 7.53. The maximum Gasteiger partial charge on any atom is 0.271 e. The Morgan fingerprint density at radius 3 is 2.38 bits per heavy atom. The molecule has 1 saturated heterocycles. The van der Waals surface area contributed by atoms with Crippen molar-refractivity contribution < 1.29 is 0 Å². The predicted molar refractivity (Wildman–Crippen MR) is 73.7 cm³/mol. The summed E-state index contributed by atoms with van der Waals surface area (Å²) in [6.45, 7) is 9.25. The predicted octanol–water partition coefficient (Wildman–Crippen LogP) is 4.54. The third-order valence-electron chi connectivity index (χ3n) is 4.29. The molecule has 0 spiro atoms. The lowest BCUT2D eigenvalue weighted by atomic mass is 9.95. The summed E-state index contributed by atoms with van der Waals surface area (Å²) in [4.78, 5) is 0. The minimum absolute atomic E-state index is 0.474. The Morgan fingerprint density at radius 1 is 1.19 bits per heavy atom. The van der Waals surface area contributed by atoms with E-state index in [-0.39, 0.29) is 0 Å². The Kier molecular flexibility index (Phi) is 3.78. The van der Waals surface area contributed by atoms with E-state index in [0.717, 1.165) is 4.78 Å². The molecule has 0 aliphatic carbocycles. The Bertz CT molecular complexity index is 358. The number of hydrogen-bond donors (Lipinski definition) is 0. The molecule has 0 bridgehead atoms. The van der Waals surface area contributed by atoms with Gasteiger partial charge in [-0.3, -0.25) is 0 Å². The van der Waals surface area contributed by atoms with Gasteiger partial charge in [-0.05, 0) is 31.9 Å². The van der Waals surface area contributed by atoms with Gasteiger partial charge in [-0.1, -0.05) is 58.4 Å². The summed E-state index contributed by atoms with van der Waals surface area (Å²) in [5.74, 6) is 0. The van der Waals surface area contributed by atoms with Crippen molar-refractivity contribution in [3.8, 4) is 0 Å². The van der Waals surface area contributed by atoms with Gasteiger partial charge >= 0.3 is 0 Å². The number of rotatable bonds is 2. The SMILES string of the molecule is C[CH2][Al]1[CH2]CC[CH]1c1c(C)cc(C)cc1C. The van der Waals surface area contributed by atoms with Gasteiger partial charge in [-0.25, -0.2) is 0 Å². The monoisotopic (exact) mass is 230 g/mol. The van der Waals surface area contributed by atoms with E-state index in [0.29, 0.717) is 0 Å². The Labute approximate surface area is 104 Å². The second-order valence-corrected chi connectivity index (χ2v) is 9.24. The highest BCUT2D eigenvalue weighted by Gasteiger charge is 2.33. The van der Waals surface area contributed by atoms with Crippen LogP contribution in [-0.4, -0.2) is 14.1 Å². The van der Waals surface area contributed by atoms with Gasteiger partial charge < -0.3 is 0 Å². The van der Waals surface area contributed by atoms with Crippen LogP contribution in [0.3, 0.4) is 0 Å². The molecular weight excluding hydrogens is 207 g/mol. The van der Waals surface area contributed by atoms with E-state index < -0.39 is 14.1 Å². The average Bonchev–Trinajstić information content (AvgIpc) is 2.64. The molecule has 1 heterocycles. The summed E-state index contributed by atoms with van der Waals surface area (Å²) in [7, 11) is 0. The van der Waals surface area contributed by atoms with Gasteiger partial charge in [0.25, 0.3) is 14.1 Å². The van der Waals surface area contributed by atoms with Crippen molar-refractivity contribution in [3.05, 3.63) is 34.4 Å². The molecule has 1 aromatic carbocycles. The first-order valence-corrected chi connectivity index (χ1v) is 9.01. The van der Waals surface area contributed by atoms with Crippen LogP contribution in [0.15, 0.2) is 12.1 Å². The molecule has 0 aromatic heterocycles. The molecule has 0 amide bonds. The van der Waals surface area contributed by atoms with Gasteiger partial charge in [0.1, 0.15) is 0 Å². The third kappa shape index (κ3) is 2.22. The van der Waals surface area contributed by atoms with Crippen LogP contribution in [0.5, 0.6) is 0 Å². The van der Waals surface area contributed by atoms with E-state index >= 15 is 0 Å².